The molecule has 0 aliphatic carbocycles. The van der Waals surface area contributed by atoms with Crippen LogP contribution in [0, 0.1) is 6.92 Å². The predicted molar refractivity (Wildman–Crippen MR) is 121 cm³/mol. The van der Waals surface area contributed by atoms with Gasteiger partial charge in [-0.15, -0.1) is 0 Å². The van der Waals surface area contributed by atoms with Crippen molar-refractivity contribution in [3.63, 3.8) is 0 Å². The molecule has 0 aliphatic heterocycles. The largest absolute Gasteiger partial charge is 0.294 e. The molecule has 0 atom stereocenters. The summed E-state index contributed by atoms with van der Waals surface area (Å²) in [6, 6.07) is 13.8. The Morgan fingerprint density at radius 3 is 2.30 bits per heavy atom. The van der Waals surface area contributed by atoms with Crippen molar-refractivity contribution in [2.45, 2.75) is 38.0 Å². The van der Waals surface area contributed by atoms with Crippen molar-refractivity contribution < 1.29 is 17.8 Å². The minimum Gasteiger partial charge on any atom is -0.288 e. The molecule has 0 saturated carbocycles. The van der Waals surface area contributed by atoms with E-state index in [1.165, 1.54) is 24.0 Å². The molecule has 2 rings (SSSR count). The third-order valence-corrected chi connectivity index (χ3v) is 5.85. The molecular weight excluding hydrogens is 398 g/mol. The van der Waals surface area contributed by atoms with Gasteiger partial charge in [0.05, 0.1) is 4.90 Å². The van der Waals surface area contributed by atoms with Gasteiger partial charge in [-0.25, -0.2) is 0 Å². The molecular formula is C24H27NO4S. The van der Waals surface area contributed by atoms with Crippen LogP contribution in [0.5, 0.6) is 0 Å². The van der Waals surface area contributed by atoms with Crippen LogP contribution in [0.15, 0.2) is 90.0 Å². The maximum Gasteiger partial charge on any atom is 0.294 e. The van der Waals surface area contributed by atoms with E-state index in [0.29, 0.717) is 0 Å². The van der Waals surface area contributed by atoms with Crippen LogP contribution >= 0.6 is 0 Å². The Labute approximate surface area is 178 Å². The van der Waals surface area contributed by atoms with Gasteiger partial charge in [-0.1, -0.05) is 56.8 Å². The van der Waals surface area contributed by atoms with E-state index in [4.69, 9.17) is 0 Å². The van der Waals surface area contributed by atoms with E-state index in [9.17, 15) is 17.8 Å². The third-order valence-electron chi connectivity index (χ3n) is 5.00. The first-order valence-corrected chi connectivity index (χ1v) is 10.9. The number of hydrogen-bond acceptors (Lipinski definition) is 3. The number of carbonyl (C=O) groups is 1. The molecule has 0 bridgehead atoms. The van der Waals surface area contributed by atoms with E-state index < -0.39 is 15.5 Å². The van der Waals surface area contributed by atoms with Crippen LogP contribution in [0.1, 0.15) is 31.9 Å². The van der Waals surface area contributed by atoms with Gasteiger partial charge >= 0.3 is 0 Å². The summed E-state index contributed by atoms with van der Waals surface area (Å²) in [7, 11) is -4.29. The first kappa shape index (κ1) is 23.3. The fourth-order valence-corrected chi connectivity index (χ4v) is 3.59. The molecule has 0 unspecified atom stereocenters. The standard InChI is InChI=1S/C24H27NO4S/c1-18-14-15-22(30(27,28)29)17-23(18)24(4,5)19(2)11-9-10-16-25(20(3)26)21-12-7-6-8-13-21/h6-17H,2H2,1,3-5H3,(H,27,28,29)/b11-9+,16-10+. The number of carbonyl (C=O) groups excluding carboxylic acids is 1. The molecule has 0 aromatic heterocycles. The Kier molecular flexibility index (Phi) is 7.18. The molecule has 0 radical (unpaired) electrons. The van der Waals surface area contributed by atoms with Gasteiger partial charge in [-0.05, 0) is 54.0 Å². The van der Waals surface area contributed by atoms with Crippen LogP contribution < -0.4 is 4.90 Å². The molecule has 158 valence electrons. The first-order chi connectivity index (χ1) is 13.9. The molecule has 30 heavy (non-hydrogen) atoms. The fraction of sp³-hybridized carbons (Fsp3) is 0.208. The smallest absolute Gasteiger partial charge is 0.288 e. The maximum absolute atomic E-state index is 11.9. The zero-order chi connectivity index (χ0) is 22.5. The molecule has 0 aliphatic rings. The van der Waals surface area contributed by atoms with Crippen molar-refractivity contribution >= 4 is 21.7 Å². The van der Waals surface area contributed by atoms with E-state index >= 15 is 0 Å². The molecule has 1 N–H and O–H groups in total. The SMILES string of the molecule is C=C(/C=C/C=C/N(C(C)=O)c1ccccc1)C(C)(C)c1cc(S(=O)(=O)O)ccc1C. The second-order valence-electron chi connectivity index (χ2n) is 7.53. The normalized spacial score (nSPS) is 12.4. The molecule has 0 saturated heterocycles. The zero-order valence-corrected chi connectivity index (χ0v) is 18.5. The zero-order valence-electron chi connectivity index (χ0n) is 17.7. The number of anilines is 1. The van der Waals surface area contributed by atoms with Gasteiger partial charge in [0.25, 0.3) is 10.1 Å². The number of aryl methyl sites for hydroxylation is 1. The monoisotopic (exact) mass is 425 g/mol. The van der Waals surface area contributed by atoms with Gasteiger partial charge in [-0.2, -0.15) is 8.42 Å². The molecule has 0 fully saturated rings. The van der Waals surface area contributed by atoms with E-state index in [2.05, 4.69) is 6.58 Å². The lowest BCUT2D eigenvalue weighted by atomic mass is 9.76. The number of nitrogens with zero attached hydrogens (tertiary/aromatic N) is 1. The Balaban J connectivity index is 2.25. The highest BCUT2D eigenvalue weighted by Gasteiger charge is 2.26. The Morgan fingerprint density at radius 1 is 1.10 bits per heavy atom. The van der Waals surface area contributed by atoms with Gasteiger partial charge in [0.15, 0.2) is 0 Å². The highest BCUT2D eigenvalue weighted by molar-refractivity contribution is 7.85. The summed E-state index contributed by atoms with van der Waals surface area (Å²) >= 11 is 0. The Hall–Kier alpha value is -2.96. The van der Waals surface area contributed by atoms with E-state index in [1.807, 2.05) is 57.2 Å². The average molecular weight is 426 g/mol. The molecule has 6 heteroatoms. The molecule has 5 nitrogen and oxygen atoms in total. The van der Waals surface area contributed by atoms with E-state index in [0.717, 1.165) is 22.4 Å². The summed E-state index contributed by atoms with van der Waals surface area (Å²) in [5, 5.41) is 0. The van der Waals surface area contributed by atoms with Crippen molar-refractivity contribution in [3.05, 3.63) is 96.2 Å². The third kappa shape index (κ3) is 5.55. The molecule has 1 amide bonds. The predicted octanol–water partition coefficient (Wildman–Crippen LogP) is 5.20. The number of hydrogen-bond donors (Lipinski definition) is 1. The maximum atomic E-state index is 11.9. The fourth-order valence-electron chi connectivity index (χ4n) is 3.09. The van der Waals surface area contributed by atoms with E-state index in [1.54, 1.807) is 24.4 Å². The minimum atomic E-state index is -4.29. The van der Waals surface area contributed by atoms with Crippen LogP contribution in [-0.4, -0.2) is 18.9 Å². The number of benzene rings is 2. The van der Waals surface area contributed by atoms with Crippen molar-refractivity contribution in [3.8, 4) is 0 Å². The number of para-hydroxylation sites is 1. The van der Waals surface area contributed by atoms with Crippen LogP contribution in [0.2, 0.25) is 0 Å². The van der Waals surface area contributed by atoms with Gasteiger partial charge in [0, 0.05) is 24.2 Å². The summed E-state index contributed by atoms with van der Waals surface area (Å²) in [6.45, 7) is 11.4. The van der Waals surface area contributed by atoms with Crippen LogP contribution in [0.4, 0.5) is 5.69 Å². The van der Waals surface area contributed by atoms with Crippen LogP contribution in [-0.2, 0) is 20.3 Å². The lowest BCUT2D eigenvalue weighted by Gasteiger charge is -2.28. The van der Waals surface area contributed by atoms with Crippen molar-refractivity contribution in [1.29, 1.82) is 0 Å². The van der Waals surface area contributed by atoms with E-state index in [-0.39, 0.29) is 10.8 Å². The second-order valence-corrected chi connectivity index (χ2v) is 8.95. The van der Waals surface area contributed by atoms with Crippen molar-refractivity contribution in [2.75, 3.05) is 4.90 Å². The Morgan fingerprint density at radius 2 is 1.73 bits per heavy atom. The summed E-state index contributed by atoms with van der Waals surface area (Å²) in [4.78, 5) is 13.3. The summed E-state index contributed by atoms with van der Waals surface area (Å²) in [6.07, 6.45) is 7.03. The molecule has 0 heterocycles. The Bertz CT molecular complexity index is 1100. The summed E-state index contributed by atoms with van der Waals surface area (Å²) < 4.78 is 32.4. The molecule has 2 aromatic rings. The number of rotatable bonds is 7. The van der Waals surface area contributed by atoms with Gasteiger partial charge in [0.2, 0.25) is 5.91 Å². The molecule has 0 spiro atoms. The first-order valence-electron chi connectivity index (χ1n) is 9.42. The summed E-state index contributed by atoms with van der Waals surface area (Å²) in [5.74, 6) is -0.109. The van der Waals surface area contributed by atoms with Gasteiger partial charge in [0.1, 0.15) is 0 Å². The highest BCUT2D eigenvalue weighted by Crippen LogP contribution is 2.34. The van der Waals surface area contributed by atoms with Crippen LogP contribution in [0.25, 0.3) is 0 Å². The second kappa shape index (κ2) is 9.24. The van der Waals surface area contributed by atoms with Crippen molar-refractivity contribution in [1.82, 2.24) is 0 Å². The van der Waals surface area contributed by atoms with Crippen LogP contribution in [0.3, 0.4) is 0 Å². The number of allylic oxidation sites excluding steroid dienone is 4. The minimum absolute atomic E-state index is 0.109. The lowest BCUT2D eigenvalue weighted by Crippen LogP contribution is -2.21. The number of amides is 1. The summed E-state index contributed by atoms with van der Waals surface area (Å²) in [5.41, 5.74) is 2.59. The van der Waals surface area contributed by atoms with Crippen molar-refractivity contribution in [2.24, 2.45) is 0 Å². The molecule has 2 aromatic carbocycles. The topological polar surface area (TPSA) is 74.7 Å². The van der Waals surface area contributed by atoms with Gasteiger partial charge in [-0.3, -0.25) is 14.2 Å². The lowest BCUT2D eigenvalue weighted by molar-refractivity contribution is -0.116. The highest BCUT2D eigenvalue weighted by atomic mass is 32.2. The van der Waals surface area contributed by atoms with Gasteiger partial charge < -0.3 is 0 Å². The average Bonchev–Trinajstić information content (AvgIpc) is 2.67. The quantitative estimate of drug-likeness (QED) is 0.489.